The Labute approximate surface area is 292 Å². The van der Waals surface area contributed by atoms with Crippen LogP contribution in [-0.2, 0) is 24.4 Å². The average Bonchev–Trinajstić information content (AvgIpc) is 3.81. The van der Waals surface area contributed by atoms with Gasteiger partial charge in [-0.15, -0.1) is 0 Å². The number of hydrogen-bond donors (Lipinski definition) is 4. The first-order chi connectivity index (χ1) is 24.5. The van der Waals surface area contributed by atoms with Crippen LogP contribution >= 0.6 is 0 Å². The van der Waals surface area contributed by atoms with Crippen LogP contribution in [0.15, 0.2) is 51.3 Å². The van der Waals surface area contributed by atoms with Crippen molar-refractivity contribution in [1.82, 2.24) is 34.0 Å². The van der Waals surface area contributed by atoms with Crippen LogP contribution in [0.2, 0.25) is 0 Å². The van der Waals surface area contributed by atoms with Gasteiger partial charge in [0.05, 0.1) is 35.3 Å². The largest absolute Gasteiger partial charge is 0.425 e. The predicted molar refractivity (Wildman–Crippen MR) is 190 cm³/mol. The molecule has 2 aromatic carbocycles. The van der Waals surface area contributed by atoms with E-state index in [1.807, 2.05) is 42.7 Å². The van der Waals surface area contributed by atoms with E-state index in [1.165, 1.54) is 0 Å². The maximum atomic E-state index is 12.4. The molecule has 51 heavy (non-hydrogen) atoms. The second-order valence-electron chi connectivity index (χ2n) is 12.4. The molecule has 16 heteroatoms. The molecule has 1 aliphatic rings. The molecule has 0 aliphatic carbocycles. The van der Waals surface area contributed by atoms with Gasteiger partial charge in [-0.25, -0.2) is 19.9 Å². The van der Waals surface area contributed by atoms with E-state index in [0.717, 1.165) is 29.7 Å². The second-order valence-corrected chi connectivity index (χ2v) is 12.4. The molecule has 6 aromatic rings. The minimum absolute atomic E-state index is 0.359. The first kappa shape index (κ1) is 33.5. The van der Waals surface area contributed by atoms with Crippen molar-refractivity contribution in [2.24, 2.45) is 11.5 Å². The molecule has 2 amide bonds. The smallest absolute Gasteiger partial charge is 0.248 e. The molecule has 7 rings (SSSR count). The van der Waals surface area contributed by atoms with Crippen molar-refractivity contribution in [2.75, 3.05) is 36.9 Å². The Bertz CT molecular complexity index is 2310. The van der Waals surface area contributed by atoms with Crippen LogP contribution in [0.3, 0.4) is 0 Å². The molecule has 1 saturated heterocycles. The van der Waals surface area contributed by atoms with Gasteiger partial charge in [0.15, 0.2) is 11.8 Å². The van der Waals surface area contributed by atoms with Gasteiger partial charge in [-0.3, -0.25) is 25.1 Å². The van der Waals surface area contributed by atoms with E-state index in [2.05, 4.69) is 30.1 Å². The third kappa shape index (κ3) is 6.91. The number of anilines is 4. The number of nitrogens with two attached hydrogens (primary N) is 2. The van der Waals surface area contributed by atoms with Crippen molar-refractivity contribution in [3.63, 3.8) is 0 Å². The maximum absolute atomic E-state index is 12.4. The van der Waals surface area contributed by atoms with Crippen LogP contribution < -0.4 is 22.1 Å². The third-order valence-corrected chi connectivity index (χ3v) is 8.74. The fourth-order valence-electron chi connectivity index (χ4n) is 6.31. The lowest BCUT2D eigenvalue weighted by atomic mass is 10.1. The second kappa shape index (κ2) is 13.7. The number of allylic oxidation sites excluding steroid dienone is 2. The van der Waals surface area contributed by atoms with Crippen molar-refractivity contribution < 1.29 is 23.2 Å². The number of ether oxygens (including phenoxy) is 1. The fraction of sp³-hybridized carbons (Fsp3) is 0.314. The summed E-state index contributed by atoms with van der Waals surface area (Å²) in [5.74, 6) is 1.97. The molecule has 0 saturated carbocycles. The number of nitrogens with zero attached hydrogens (tertiary/aromatic N) is 7. The van der Waals surface area contributed by atoms with Crippen LogP contribution in [0.25, 0.3) is 22.1 Å². The monoisotopic (exact) mass is 693 g/mol. The normalized spacial score (nSPS) is 13.9. The average molecular weight is 694 g/mol. The van der Waals surface area contributed by atoms with E-state index in [0.29, 0.717) is 102 Å². The molecule has 16 nitrogen and oxygen atoms in total. The van der Waals surface area contributed by atoms with Crippen molar-refractivity contribution in [2.45, 2.75) is 47.3 Å². The molecule has 0 unspecified atom stereocenters. The highest BCUT2D eigenvalue weighted by atomic mass is 16.5. The van der Waals surface area contributed by atoms with E-state index >= 15 is 0 Å². The highest BCUT2D eigenvalue weighted by molar-refractivity contribution is 5.98. The summed E-state index contributed by atoms with van der Waals surface area (Å²) >= 11 is 0. The lowest BCUT2D eigenvalue weighted by Crippen LogP contribution is -2.35. The van der Waals surface area contributed by atoms with Crippen molar-refractivity contribution in [1.29, 1.82) is 0 Å². The number of morpholine rings is 1. The van der Waals surface area contributed by atoms with Gasteiger partial charge >= 0.3 is 0 Å². The minimum Gasteiger partial charge on any atom is -0.425 e. The molecule has 264 valence electrons. The molecule has 0 bridgehead atoms. The number of carbonyl (C=O) groups excluding carboxylic acids is 2. The Morgan fingerprint density at radius 3 is 1.92 bits per heavy atom. The SMILES string of the molecule is Cc1nc(C)c(Nc2nc3cc(C(N)=O)ccc3n2C/C=C/Cn2c(Nc3oc(C)nc3C)nc3cc(C(N)=O)cc(CN4CCOCC4)c32)o1. The Balaban J connectivity index is 1.26. The van der Waals surface area contributed by atoms with Crippen LogP contribution in [0.5, 0.6) is 0 Å². The lowest BCUT2D eigenvalue weighted by Gasteiger charge is -2.27. The van der Waals surface area contributed by atoms with Gasteiger partial charge < -0.3 is 34.2 Å². The molecule has 6 N–H and O–H groups in total. The molecule has 4 aromatic heterocycles. The summed E-state index contributed by atoms with van der Waals surface area (Å²) in [6.07, 6.45) is 4.05. The molecule has 5 heterocycles. The van der Waals surface area contributed by atoms with Crippen molar-refractivity contribution in [3.05, 3.63) is 82.3 Å². The zero-order valence-electron chi connectivity index (χ0n) is 28.8. The molecule has 0 atom stereocenters. The van der Waals surface area contributed by atoms with E-state index in [9.17, 15) is 9.59 Å². The number of carbonyl (C=O) groups is 2. The number of benzene rings is 2. The summed E-state index contributed by atoms with van der Waals surface area (Å²) in [6, 6.07) is 8.73. The number of fused-ring (bicyclic) bond motifs is 2. The van der Waals surface area contributed by atoms with Gasteiger partial charge in [-0.05, 0) is 49.7 Å². The van der Waals surface area contributed by atoms with E-state index in [4.69, 9.17) is 35.0 Å². The first-order valence-electron chi connectivity index (χ1n) is 16.5. The summed E-state index contributed by atoms with van der Waals surface area (Å²) in [7, 11) is 0. The summed E-state index contributed by atoms with van der Waals surface area (Å²) in [4.78, 5) is 45.1. The van der Waals surface area contributed by atoms with Crippen LogP contribution in [0.4, 0.5) is 23.7 Å². The van der Waals surface area contributed by atoms with E-state index in [-0.39, 0.29) is 0 Å². The lowest BCUT2D eigenvalue weighted by molar-refractivity contribution is 0.0343. The Morgan fingerprint density at radius 2 is 1.33 bits per heavy atom. The number of rotatable bonds is 12. The maximum Gasteiger partial charge on any atom is 0.248 e. The number of imidazole rings is 2. The quantitative estimate of drug-likeness (QED) is 0.132. The number of amides is 2. The molecule has 0 spiro atoms. The zero-order chi connectivity index (χ0) is 35.8. The Hall–Kier alpha value is -6.00. The topological polar surface area (TPSA) is 210 Å². The van der Waals surface area contributed by atoms with Gasteiger partial charge in [-0.2, -0.15) is 0 Å². The highest BCUT2D eigenvalue weighted by Gasteiger charge is 2.22. The Kier molecular flexibility index (Phi) is 9.01. The van der Waals surface area contributed by atoms with Crippen LogP contribution in [-0.4, -0.2) is 72.1 Å². The van der Waals surface area contributed by atoms with Gasteiger partial charge in [0.25, 0.3) is 0 Å². The number of nitrogens with one attached hydrogen (secondary N) is 2. The number of aromatic nitrogens is 6. The van der Waals surface area contributed by atoms with Crippen molar-refractivity contribution in [3.8, 4) is 0 Å². The predicted octanol–water partition coefficient (Wildman–Crippen LogP) is 4.37. The third-order valence-electron chi connectivity index (χ3n) is 8.74. The van der Waals surface area contributed by atoms with E-state index in [1.54, 1.807) is 32.0 Å². The van der Waals surface area contributed by atoms with Gasteiger partial charge in [-0.1, -0.05) is 12.2 Å². The fourth-order valence-corrected chi connectivity index (χ4v) is 6.31. The first-order valence-corrected chi connectivity index (χ1v) is 16.5. The molecule has 1 fully saturated rings. The summed E-state index contributed by atoms with van der Waals surface area (Å²) in [5, 5.41) is 6.59. The van der Waals surface area contributed by atoms with Crippen LogP contribution in [0.1, 0.15) is 49.4 Å². The number of aryl methyl sites for hydroxylation is 4. The highest BCUT2D eigenvalue weighted by Crippen LogP contribution is 2.30. The summed E-state index contributed by atoms with van der Waals surface area (Å²) in [6.45, 7) is 11.5. The molecule has 1 aliphatic heterocycles. The summed E-state index contributed by atoms with van der Waals surface area (Å²) < 4.78 is 21.2. The molecular formula is C35H39N11O5. The minimum atomic E-state index is -0.536. The van der Waals surface area contributed by atoms with Gasteiger partial charge in [0.1, 0.15) is 11.4 Å². The number of primary amides is 2. The number of oxazole rings is 2. The Morgan fingerprint density at radius 1 is 0.765 bits per heavy atom. The molecular weight excluding hydrogens is 654 g/mol. The zero-order valence-corrected chi connectivity index (χ0v) is 28.8. The summed E-state index contributed by atoms with van der Waals surface area (Å²) in [5.41, 5.74) is 17.2. The van der Waals surface area contributed by atoms with Crippen molar-refractivity contribution >= 4 is 57.5 Å². The van der Waals surface area contributed by atoms with Gasteiger partial charge in [0, 0.05) is 57.7 Å². The molecule has 0 radical (unpaired) electrons. The van der Waals surface area contributed by atoms with E-state index < -0.39 is 11.8 Å². The van der Waals surface area contributed by atoms with Gasteiger partial charge in [0.2, 0.25) is 35.5 Å². The number of hydrogen-bond acceptors (Lipinski definition) is 12. The van der Waals surface area contributed by atoms with Crippen LogP contribution in [0, 0.1) is 27.7 Å². The standard InChI is InChI=1S/C35H39N11O5/c1-19-32(50-21(3)38-19)42-34-40-26-16-23(30(36)47)7-8-28(26)45(34)9-5-6-10-46-29-25(18-44-11-13-49-14-12-44)15-24(31(37)48)17-27(29)41-35(46)43-33-20(2)39-22(4)51-33/h5-8,15-17H,9-14,18H2,1-4H3,(H2,36,47)(H2,37,48)(H,40,42)(H,41,43)/b6-5+.